The maximum atomic E-state index is 13.4. The van der Waals surface area contributed by atoms with Crippen molar-refractivity contribution in [2.45, 2.75) is 62.0 Å². The summed E-state index contributed by atoms with van der Waals surface area (Å²) in [5.74, 6) is -7.91. The number of nitrogens with one attached hydrogen (secondary N) is 2. The second-order valence-corrected chi connectivity index (χ2v) is 11.9. The number of alkyl halides is 6. The number of aliphatic carboxylic acids is 2. The Morgan fingerprint density at radius 2 is 1.06 bits per heavy atom. The molecular weight excluding hydrogens is 706 g/mol. The fraction of sp³-hybridized carbons (Fsp3) is 0.480. The molecule has 0 bridgehead atoms. The number of carboxylic acids is 2. The van der Waals surface area contributed by atoms with Crippen LogP contribution in [0.4, 0.5) is 26.3 Å². The Bertz CT molecular complexity index is 1360. The summed E-state index contributed by atoms with van der Waals surface area (Å²) in [4.78, 5) is 74.3. The molecule has 0 aromatic carbocycles. The van der Waals surface area contributed by atoms with Gasteiger partial charge in [-0.15, -0.1) is 49.9 Å². The van der Waals surface area contributed by atoms with Gasteiger partial charge in [-0.3, -0.25) is 24.4 Å². The van der Waals surface area contributed by atoms with E-state index in [-0.39, 0.29) is 11.4 Å². The van der Waals surface area contributed by atoms with E-state index in [0.29, 0.717) is 35.9 Å². The van der Waals surface area contributed by atoms with Crippen molar-refractivity contribution >= 4 is 53.1 Å². The monoisotopic (exact) mass is 732 g/mol. The van der Waals surface area contributed by atoms with Crippen molar-refractivity contribution in [1.82, 2.24) is 30.6 Å². The normalized spacial score (nSPS) is 14.2. The number of halogens is 6. The zero-order chi connectivity index (χ0) is 36.2. The molecule has 264 valence electrons. The van der Waals surface area contributed by atoms with Crippen LogP contribution in [0.25, 0.3) is 0 Å². The summed E-state index contributed by atoms with van der Waals surface area (Å²) in [7, 11) is 0. The van der Waals surface area contributed by atoms with E-state index in [1.807, 2.05) is 0 Å². The quantitative estimate of drug-likeness (QED) is 0.162. The molecule has 0 aliphatic rings. The zero-order valence-corrected chi connectivity index (χ0v) is 26.2. The lowest BCUT2D eigenvalue weighted by molar-refractivity contribution is -0.277. The summed E-state index contributed by atoms with van der Waals surface area (Å²) < 4.78 is 84.5. The van der Waals surface area contributed by atoms with Crippen molar-refractivity contribution in [1.29, 1.82) is 0 Å². The highest BCUT2D eigenvalue weighted by Gasteiger charge is 2.34. The number of thioether (sulfide) groups is 2. The predicted octanol–water partition coefficient (Wildman–Crippen LogP) is 2.84. The number of rotatable bonds is 18. The largest absolute Gasteiger partial charge is 0.574 e. The first-order valence-electron chi connectivity index (χ1n) is 13.1. The molecule has 0 saturated carbocycles. The Labute approximate surface area is 275 Å². The van der Waals surface area contributed by atoms with E-state index in [1.54, 1.807) is 0 Å². The van der Waals surface area contributed by atoms with E-state index < -0.39 is 101 Å². The van der Waals surface area contributed by atoms with E-state index in [9.17, 15) is 60.5 Å². The second kappa shape index (κ2) is 17.7. The van der Waals surface area contributed by atoms with Gasteiger partial charge in [0.05, 0.1) is 34.3 Å². The number of amides is 2. The van der Waals surface area contributed by atoms with Gasteiger partial charge in [0.2, 0.25) is 23.6 Å². The van der Waals surface area contributed by atoms with Crippen LogP contribution in [0, 0.1) is 0 Å². The van der Waals surface area contributed by atoms with Crippen LogP contribution >= 0.6 is 23.5 Å². The fourth-order valence-electron chi connectivity index (χ4n) is 3.63. The lowest BCUT2D eigenvalue weighted by atomic mass is 10.1. The van der Waals surface area contributed by atoms with Crippen molar-refractivity contribution in [2.24, 2.45) is 0 Å². The highest BCUT2D eigenvalue weighted by Crippen LogP contribution is 2.37. The number of ketones is 1. The molecule has 0 radical (unpaired) electrons. The van der Waals surface area contributed by atoms with Crippen LogP contribution < -0.4 is 20.1 Å². The number of aromatic nitrogens is 4. The lowest BCUT2D eigenvalue weighted by Gasteiger charge is -2.22. The average molecular weight is 733 g/mol. The van der Waals surface area contributed by atoms with Crippen LogP contribution in [-0.4, -0.2) is 96.0 Å². The molecule has 0 saturated heterocycles. The predicted molar refractivity (Wildman–Crippen MR) is 153 cm³/mol. The van der Waals surface area contributed by atoms with Crippen molar-refractivity contribution in [3.63, 3.8) is 0 Å². The molecule has 2 aromatic rings. The van der Waals surface area contributed by atoms with Gasteiger partial charge in [0.1, 0.15) is 17.9 Å². The topological polar surface area (TPSA) is 220 Å². The van der Waals surface area contributed by atoms with Gasteiger partial charge in [-0.05, 0) is 0 Å². The lowest BCUT2D eigenvalue weighted by Crippen LogP contribution is -2.41. The van der Waals surface area contributed by atoms with Gasteiger partial charge in [0, 0.05) is 50.6 Å². The van der Waals surface area contributed by atoms with E-state index in [4.69, 9.17) is 0 Å². The minimum atomic E-state index is -5.16. The Kier molecular flexibility index (Phi) is 14.6. The zero-order valence-electron chi connectivity index (χ0n) is 24.6. The molecule has 48 heavy (non-hydrogen) atoms. The van der Waals surface area contributed by atoms with Gasteiger partial charge >= 0.3 is 24.7 Å². The molecule has 2 aromatic heterocycles. The molecule has 23 heteroatoms. The number of carboxylic acid groups (broad SMARTS) is 2. The summed E-state index contributed by atoms with van der Waals surface area (Å²) in [5.41, 5.74) is -0.522. The average Bonchev–Trinajstić information content (AvgIpc) is 2.93. The van der Waals surface area contributed by atoms with Gasteiger partial charge in [0.15, 0.2) is 0 Å². The number of carbonyl (C=O) groups is 5. The molecule has 0 spiro atoms. The Hall–Kier alpha value is -4.41. The molecule has 2 amide bonds. The standard InChI is InChI=1S/C25H26F6N6O9S2/c1-11(38)34-16(22(41)42)9-47-18(14-5-32-7-20(36-14)45-24(26,27)28)3-13(40)4-19(48-10-17(23(43)44)35-12(2)39)15-6-33-8-21(37-15)46-25(29,30)31/h5-8,16-19H,3-4,9-10H2,1-2H3,(H,34,38)(H,35,39)(H,41,42)(H,43,44)/t16-,17-,18?,19?/m0/s1. The molecule has 4 atom stereocenters. The maximum absolute atomic E-state index is 13.4. The highest BCUT2D eigenvalue weighted by molar-refractivity contribution is 7.99. The SMILES string of the molecule is CC(=O)N[C@@H](CSC(CC(=O)CC(SC[C@H](NC(C)=O)C(=O)O)c1cncc(OC(F)(F)F)n1)c1cncc(OC(F)(F)F)n1)C(=O)O. The van der Waals surface area contributed by atoms with Gasteiger partial charge in [-0.25, -0.2) is 19.6 Å². The van der Waals surface area contributed by atoms with Crippen LogP contribution in [0.1, 0.15) is 48.6 Å². The van der Waals surface area contributed by atoms with Crippen LogP contribution in [0.3, 0.4) is 0 Å². The summed E-state index contributed by atoms with van der Waals surface area (Å²) in [6.45, 7) is 2.09. The number of carbonyl (C=O) groups excluding carboxylic acids is 3. The third-order valence-electron chi connectivity index (χ3n) is 5.47. The molecule has 0 aliphatic carbocycles. The van der Waals surface area contributed by atoms with Gasteiger partial charge < -0.3 is 30.3 Å². The molecule has 15 nitrogen and oxygen atoms in total. The summed E-state index contributed by atoms with van der Waals surface area (Å²) in [6, 6.07) is -2.99. The molecule has 2 heterocycles. The second-order valence-electron chi connectivity index (χ2n) is 9.43. The van der Waals surface area contributed by atoms with E-state index >= 15 is 0 Å². The van der Waals surface area contributed by atoms with Crippen LogP contribution in [0.15, 0.2) is 24.8 Å². The summed E-state index contributed by atoms with van der Waals surface area (Å²) >= 11 is 1.42. The third kappa shape index (κ3) is 15.0. The van der Waals surface area contributed by atoms with Crippen molar-refractivity contribution in [2.75, 3.05) is 11.5 Å². The van der Waals surface area contributed by atoms with E-state index in [0.717, 1.165) is 26.2 Å². The number of hydrogen-bond donors (Lipinski definition) is 4. The van der Waals surface area contributed by atoms with Gasteiger partial charge in [0.25, 0.3) is 0 Å². The first kappa shape index (κ1) is 39.8. The molecule has 0 fully saturated rings. The molecule has 2 rings (SSSR count). The Balaban J connectivity index is 2.43. The van der Waals surface area contributed by atoms with Crippen LogP contribution in [0.2, 0.25) is 0 Å². The minimum absolute atomic E-state index is 0.261. The van der Waals surface area contributed by atoms with Crippen molar-refractivity contribution < 1.29 is 70.0 Å². The molecule has 0 aliphatic heterocycles. The maximum Gasteiger partial charge on any atom is 0.574 e. The summed E-state index contributed by atoms with van der Waals surface area (Å²) in [5, 5.41) is 20.8. The first-order valence-corrected chi connectivity index (χ1v) is 15.2. The fourth-order valence-corrected chi connectivity index (χ4v) is 6.11. The van der Waals surface area contributed by atoms with E-state index in [2.05, 4.69) is 40.0 Å². The summed E-state index contributed by atoms with van der Waals surface area (Å²) in [6.07, 6.45) is -8.25. The van der Waals surface area contributed by atoms with Gasteiger partial charge in [-0.2, -0.15) is 0 Å². The number of ether oxygens (including phenoxy) is 2. The number of nitrogens with zero attached hydrogens (tertiary/aromatic N) is 4. The van der Waals surface area contributed by atoms with Crippen molar-refractivity contribution in [3.05, 3.63) is 36.2 Å². The van der Waals surface area contributed by atoms with Crippen LogP contribution in [-0.2, 0) is 24.0 Å². The third-order valence-corrected chi connectivity index (χ3v) is 8.14. The number of Topliss-reactive ketones (excluding diaryl/α,β-unsaturated/α-hetero) is 1. The Morgan fingerprint density at radius 1 is 0.708 bits per heavy atom. The van der Waals surface area contributed by atoms with Gasteiger partial charge in [-0.1, -0.05) is 0 Å². The van der Waals surface area contributed by atoms with E-state index in [1.165, 1.54) is 0 Å². The van der Waals surface area contributed by atoms with Crippen LogP contribution in [0.5, 0.6) is 11.8 Å². The van der Waals surface area contributed by atoms with Crippen molar-refractivity contribution in [3.8, 4) is 11.8 Å². The molecular formula is C25H26F6N6O9S2. The molecule has 2 unspecified atom stereocenters. The molecule has 4 N–H and O–H groups in total. The highest BCUT2D eigenvalue weighted by atomic mass is 32.2. The first-order chi connectivity index (χ1) is 22.2. The number of hydrogen-bond acceptors (Lipinski definition) is 13. The Morgan fingerprint density at radius 3 is 1.35 bits per heavy atom. The smallest absolute Gasteiger partial charge is 0.480 e. The minimum Gasteiger partial charge on any atom is -0.480 e.